The largest absolute Gasteiger partial charge is 0.496 e. The molecule has 0 aliphatic rings. The zero-order valence-corrected chi connectivity index (χ0v) is 17.3. The summed E-state index contributed by atoms with van der Waals surface area (Å²) in [6, 6.07) is 8.50. The van der Waals surface area contributed by atoms with Gasteiger partial charge in [-0.3, -0.25) is 4.79 Å². The molecule has 6 nitrogen and oxygen atoms in total. The normalized spacial score (nSPS) is 11.1. The highest BCUT2D eigenvalue weighted by molar-refractivity contribution is 6.34. The first kappa shape index (κ1) is 21.6. The Morgan fingerprint density at radius 2 is 1.82 bits per heavy atom. The molecule has 0 saturated carbocycles. The fourth-order valence-corrected chi connectivity index (χ4v) is 2.89. The molecule has 0 unspecified atom stereocenters. The molecule has 0 atom stereocenters. The Hall–Kier alpha value is -2.73. The minimum atomic E-state index is -1.17. The maximum Gasteiger partial charge on any atom is 0.339 e. The smallest absolute Gasteiger partial charge is 0.339 e. The molecule has 0 heterocycles. The summed E-state index contributed by atoms with van der Waals surface area (Å²) in [7, 11) is 1.34. The highest BCUT2D eigenvalue weighted by Gasteiger charge is 2.20. The van der Waals surface area contributed by atoms with E-state index < -0.39 is 11.9 Å². The third-order valence-corrected chi connectivity index (χ3v) is 4.41. The summed E-state index contributed by atoms with van der Waals surface area (Å²) in [6.07, 6.45) is 0. The van der Waals surface area contributed by atoms with E-state index in [2.05, 4.69) is 26.1 Å². The van der Waals surface area contributed by atoms with Crippen molar-refractivity contribution in [2.75, 3.05) is 19.0 Å². The first-order valence-corrected chi connectivity index (χ1v) is 9.05. The fourth-order valence-electron chi connectivity index (χ4n) is 2.68. The number of aromatic carboxylic acids is 1. The van der Waals surface area contributed by atoms with Gasteiger partial charge in [0.2, 0.25) is 0 Å². The number of hydrogen-bond acceptors (Lipinski definition) is 4. The second-order valence-corrected chi connectivity index (χ2v) is 7.83. The monoisotopic (exact) mass is 405 g/mol. The van der Waals surface area contributed by atoms with E-state index in [1.54, 1.807) is 0 Å². The maximum atomic E-state index is 12.4. The standard InChI is InChI=1S/C21H24ClNO5/c1-12-6-7-14(21(2,3)4)18(8-12)28-11-19(24)23-16-10-17(27-5)13(20(25)26)9-15(16)22/h6-10H,11H2,1-5H3,(H,23,24)(H,25,26). The SMILES string of the molecule is COc1cc(NC(=O)COc2cc(C)ccc2C(C)(C)C)c(Cl)cc1C(=O)O. The van der Waals surface area contributed by atoms with Gasteiger partial charge in [-0.25, -0.2) is 4.79 Å². The molecule has 2 aromatic carbocycles. The van der Waals surface area contributed by atoms with Crippen LogP contribution in [0.2, 0.25) is 5.02 Å². The van der Waals surface area contributed by atoms with Crippen LogP contribution in [0, 0.1) is 6.92 Å². The number of halogens is 1. The van der Waals surface area contributed by atoms with Gasteiger partial charge in [0.15, 0.2) is 6.61 Å². The number of hydrogen-bond donors (Lipinski definition) is 2. The second-order valence-electron chi connectivity index (χ2n) is 7.42. The van der Waals surface area contributed by atoms with E-state index in [1.165, 1.54) is 19.2 Å². The molecule has 150 valence electrons. The summed E-state index contributed by atoms with van der Waals surface area (Å²) in [6.45, 7) is 7.95. The van der Waals surface area contributed by atoms with Crippen molar-refractivity contribution >= 4 is 29.2 Å². The average Bonchev–Trinajstić information content (AvgIpc) is 2.60. The minimum Gasteiger partial charge on any atom is -0.496 e. The van der Waals surface area contributed by atoms with Crippen LogP contribution in [0.4, 0.5) is 5.69 Å². The Balaban J connectivity index is 2.16. The van der Waals surface area contributed by atoms with Crippen LogP contribution >= 0.6 is 11.6 Å². The molecule has 0 spiro atoms. The zero-order valence-electron chi connectivity index (χ0n) is 16.6. The summed E-state index contributed by atoms with van der Waals surface area (Å²) in [5.41, 5.74) is 2.05. The molecule has 0 aliphatic carbocycles. The van der Waals surface area contributed by atoms with Crippen molar-refractivity contribution in [1.82, 2.24) is 0 Å². The van der Waals surface area contributed by atoms with Gasteiger partial charge >= 0.3 is 5.97 Å². The summed E-state index contributed by atoms with van der Waals surface area (Å²) < 4.78 is 10.8. The number of carbonyl (C=O) groups excluding carboxylic acids is 1. The number of carboxylic acid groups (broad SMARTS) is 1. The molecule has 0 aliphatic heterocycles. The number of carbonyl (C=O) groups is 2. The first-order valence-electron chi connectivity index (χ1n) is 8.67. The highest BCUT2D eigenvalue weighted by atomic mass is 35.5. The van der Waals surface area contributed by atoms with Crippen molar-refractivity contribution in [3.63, 3.8) is 0 Å². The van der Waals surface area contributed by atoms with E-state index in [9.17, 15) is 14.7 Å². The molecule has 2 rings (SSSR count). The number of anilines is 1. The molecule has 0 radical (unpaired) electrons. The summed E-state index contributed by atoms with van der Waals surface area (Å²) in [5, 5.41) is 11.9. The molecule has 0 fully saturated rings. The Kier molecular flexibility index (Phi) is 6.56. The molecule has 0 saturated heterocycles. The molecule has 2 N–H and O–H groups in total. The van der Waals surface area contributed by atoms with Gasteiger partial charge in [-0.05, 0) is 35.6 Å². The van der Waals surface area contributed by atoms with Crippen LogP contribution in [0.25, 0.3) is 0 Å². The minimum absolute atomic E-state index is 0.0867. The number of rotatable bonds is 6. The van der Waals surface area contributed by atoms with E-state index in [0.29, 0.717) is 5.75 Å². The van der Waals surface area contributed by atoms with Gasteiger partial charge in [0.1, 0.15) is 17.1 Å². The summed E-state index contributed by atoms with van der Waals surface area (Å²) in [5.74, 6) is -0.850. The van der Waals surface area contributed by atoms with Gasteiger partial charge in [0, 0.05) is 6.07 Å². The third-order valence-electron chi connectivity index (χ3n) is 4.10. The topological polar surface area (TPSA) is 84.9 Å². The van der Waals surface area contributed by atoms with Gasteiger partial charge in [-0.15, -0.1) is 0 Å². The zero-order chi connectivity index (χ0) is 21.1. The Labute approximate surface area is 169 Å². The molecular weight excluding hydrogens is 382 g/mol. The van der Waals surface area contributed by atoms with Crippen LogP contribution in [-0.4, -0.2) is 30.7 Å². The molecule has 2 aromatic rings. The molecule has 28 heavy (non-hydrogen) atoms. The Morgan fingerprint density at radius 1 is 1.14 bits per heavy atom. The van der Waals surface area contributed by atoms with Crippen LogP contribution in [0.5, 0.6) is 11.5 Å². The predicted octanol–water partition coefficient (Wildman–Crippen LogP) is 4.67. The van der Waals surface area contributed by atoms with Crippen molar-refractivity contribution in [3.8, 4) is 11.5 Å². The number of ether oxygens (including phenoxy) is 2. The van der Waals surface area contributed by atoms with E-state index in [1.807, 2.05) is 25.1 Å². The Morgan fingerprint density at radius 3 is 2.39 bits per heavy atom. The van der Waals surface area contributed by atoms with E-state index in [0.717, 1.165) is 11.1 Å². The molecule has 7 heteroatoms. The van der Waals surface area contributed by atoms with E-state index in [4.69, 9.17) is 21.1 Å². The van der Waals surface area contributed by atoms with Gasteiger partial charge in [0.05, 0.1) is 17.8 Å². The number of carboxylic acids is 1. The van der Waals surface area contributed by atoms with Crippen molar-refractivity contribution in [1.29, 1.82) is 0 Å². The number of methoxy groups -OCH3 is 1. The van der Waals surface area contributed by atoms with Crippen LogP contribution in [0.3, 0.4) is 0 Å². The number of aryl methyl sites for hydroxylation is 1. The Bertz CT molecular complexity index is 902. The van der Waals surface area contributed by atoms with Gasteiger partial charge in [-0.1, -0.05) is 44.5 Å². The average molecular weight is 406 g/mol. The highest BCUT2D eigenvalue weighted by Crippen LogP contribution is 2.33. The van der Waals surface area contributed by atoms with Gasteiger partial charge in [-0.2, -0.15) is 0 Å². The van der Waals surface area contributed by atoms with Crippen molar-refractivity contribution in [2.45, 2.75) is 33.1 Å². The lowest BCUT2D eigenvalue weighted by molar-refractivity contribution is -0.118. The molecular formula is C21H24ClNO5. The molecule has 0 bridgehead atoms. The van der Waals surface area contributed by atoms with Crippen LogP contribution in [0.15, 0.2) is 30.3 Å². The predicted molar refractivity (Wildman–Crippen MR) is 109 cm³/mol. The van der Waals surface area contributed by atoms with Gasteiger partial charge < -0.3 is 19.9 Å². The lowest BCUT2D eigenvalue weighted by Crippen LogP contribution is -2.22. The number of nitrogens with one attached hydrogen (secondary N) is 1. The number of amides is 1. The van der Waals surface area contributed by atoms with E-state index >= 15 is 0 Å². The van der Waals surface area contributed by atoms with Crippen LogP contribution in [0.1, 0.15) is 42.3 Å². The van der Waals surface area contributed by atoms with Crippen molar-refractivity contribution in [2.24, 2.45) is 0 Å². The second kappa shape index (κ2) is 8.52. The quantitative estimate of drug-likeness (QED) is 0.729. The van der Waals surface area contributed by atoms with Crippen molar-refractivity contribution in [3.05, 3.63) is 52.0 Å². The lowest BCUT2D eigenvalue weighted by Gasteiger charge is -2.23. The summed E-state index contributed by atoms with van der Waals surface area (Å²) in [4.78, 5) is 23.6. The van der Waals surface area contributed by atoms with Gasteiger partial charge in [0.25, 0.3) is 5.91 Å². The first-order chi connectivity index (χ1) is 13.0. The van der Waals surface area contributed by atoms with E-state index in [-0.39, 0.29) is 34.0 Å². The third kappa shape index (κ3) is 5.16. The van der Waals surface area contributed by atoms with Crippen LogP contribution < -0.4 is 14.8 Å². The maximum absolute atomic E-state index is 12.4. The lowest BCUT2D eigenvalue weighted by atomic mass is 9.86. The van der Waals surface area contributed by atoms with Crippen molar-refractivity contribution < 1.29 is 24.2 Å². The van der Waals surface area contributed by atoms with Crippen LogP contribution in [-0.2, 0) is 10.2 Å². The summed E-state index contributed by atoms with van der Waals surface area (Å²) >= 11 is 6.10. The molecule has 1 amide bonds. The number of benzene rings is 2. The molecule has 0 aromatic heterocycles. The fraction of sp³-hybridized carbons (Fsp3) is 0.333.